The lowest BCUT2D eigenvalue weighted by molar-refractivity contribution is -0.136. The number of hydrogen-bond acceptors (Lipinski definition) is 5. The normalized spacial score (nSPS) is 10.8. The summed E-state index contributed by atoms with van der Waals surface area (Å²) >= 11 is 6.12. The van der Waals surface area contributed by atoms with Gasteiger partial charge >= 0.3 is 12.1 Å². The minimum Gasteiger partial charge on any atom is -0.481 e. The lowest BCUT2D eigenvalue weighted by atomic mass is 10.00. The molecule has 4 aromatic rings. The fraction of sp³-hybridized carbons (Fsp3) is 0.148. The highest BCUT2D eigenvalue weighted by molar-refractivity contribution is 6.31. The number of carbonyl (C=O) groups excluding carboxylic acids is 1. The van der Waals surface area contributed by atoms with Crippen LogP contribution in [-0.2, 0) is 22.4 Å². The zero-order chi connectivity index (χ0) is 25.7. The highest BCUT2D eigenvalue weighted by Gasteiger charge is 2.19. The number of halogens is 2. The van der Waals surface area contributed by atoms with E-state index in [0.717, 1.165) is 5.56 Å². The van der Waals surface area contributed by atoms with E-state index in [1.807, 2.05) is 18.2 Å². The van der Waals surface area contributed by atoms with Crippen LogP contribution in [-0.4, -0.2) is 28.9 Å². The van der Waals surface area contributed by atoms with Crippen LogP contribution in [0.3, 0.4) is 0 Å². The highest BCUT2D eigenvalue weighted by atomic mass is 35.5. The van der Waals surface area contributed by atoms with Gasteiger partial charge in [-0.15, -0.1) is 0 Å². The van der Waals surface area contributed by atoms with Crippen molar-refractivity contribution in [1.29, 1.82) is 0 Å². The van der Waals surface area contributed by atoms with Crippen LogP contribution in [0.1, 0.15) is 16.9 Å². The van der Waals surface area contributed by atoms with Gasteiger partial charge in [0.1, 0.15) is 17.2 Å². The van der Waals surface area contributed by atoms with Crippen LogP contribution < -0.4 is 5.32 Å². The molecule has 0 saturated heterocycles. The molecule has 9 heteroatoms. The van der Waals surface area contributed by atoms with E-state index in [2.05, 4.69) is 10.5 Å². The number of carbonyl (C=O) groups is 2. The van der Waals surface area contributed by atoms with Gasteiger partial charge in [0.2, 0.25) is 0 Å². The van der Waals surface area contributed by atoms with Crippen molar-refractivity contribution in [3.05, 3.63) is 94.5 Å². The molecule has 0 saturated carbocycles. The number of nitrogens with zero attached hydrogens (tertiary/aromatic N) is 1. The molecule has 0 spiro atoms. The molecule has 4 rings (SSSR count). The average Bonchev–Trinajstić information content (AvgIpc) is 3.20. The van der Waals surface area contributed by atoms with E-state index in [1.165, 1.54) is 6.07 Å². The lowest BCUT2D eigenvalue weighted by Gasteiger charge is -2.09. The molecule has 7 nitrogen and oxygen atoms in total. The molecule has 0 bridgehead atoms. The number of benzene rings is 3. The van der Waals surface area contributed by atoms with Crippen LogP contribution in [0.2, 0.25) is 5.02 Å². The van der Waals surface area contributed by atoms with Crippen LogP contribution in [0.15, 0.2) is 71.3 Å². The number of aliphatic carboxylic acids is 1. The maximum atomic E-state index is 15.0. The summed E-state index contributed by atoms with van der Waals surface area (Å²) in [5.74, 6) is -1.10. The van der Waals surface area contributed by atoms with Crippen LogP contribution in [0.25, 0.3) is 22.4 Å². The second-order valence-corrected chi connectivity index (χ2v) is 8.43. The Bertz CT molecular complexity index is 1400. The number of carboxylic acid groups (broad SMARTS) is 1. The summed E-state index contributed by atoms with van der Waals surface area (Å²) in [6.07, 6.45) is -0.356. The lowest BCUT2D eigenvalue weighted by Crippen LogP contribution is -2.16. The molecule has 0 radical (unpaired) electrons. The van der Waals surface area contributed by atoms with E-state index in [-0.39, 0.29) is 24.4 Å². The number of rotatable bonds is 8. The predicted octanol–water partition coefficient (Wildman–Crippen LogP) is 6.53. The smallest absolute Gasteiger partial charge is 0.411 e. The summed E-state index contributed by atoms with van der Waals surface area (Å²) < 4.78 is 25.5. The third-order valence-electron chi connectivity index (χ3n) is 5.51. The van der Waals surface area contributed by atoms with Crippen molar-refractivity contribution in [3.8, 4) is 22.4 Å². The first-order chi connectivity index (χ1) is 17.3. The van der Waals surface area contributed by atoms with Crippen molar-refractivity contribution in [2.24, 2.45) is 0 Å². The summed E-state index contributed by atoms with van der Waals surface area (Å²) in [5, 5.41) is 16.1. The molecule has 0 unspecified atom stereocenters. The first-order valence-electron chi connectivity index (χ1n) is 11.1. The number of nitrogens with one attached hydrogen (secondary N) is 1. The fourth-order valence-electron chi connectivity index (χ4n) is 3.68. The van der Waals surface area contributed by atoms with Crippen molar-refractivity contribution in [1.82, 2.24) is 5.16 Å². The summed E-state index contributed by atoms with van der Waals surface area (Å²) in [5.41, 5.74) is 3.37. The average molecular weight is 509 g/mol. The summed E-state index contributed by atoms with van der Waals surface area (Å²) in [6.45, 7) is 1.74. The van der Waals surface area contributed by atoms with E-state index >= 15 is 4.39 Å². The quantitative estimate of drug-likeness (QED) is 0.280. The number of ether oxygens (including phenoxy) is 1. The molecule has 1 heterocycles. The van der Waals surface area contributed by atoms with Crippen LogP contribution >= 0.6 is 11.6 Å². The summed E-state index contributed by atoms with van der Waals surface area (Å²) in [7, 11) is 0. The third-order valence-corrected chi connectivity index (χ3v) is 5.88. The van der Waals surface area contributed by atoms with Crippen molar-refractivity contribution in [2.45, 2.75) is 19.8 Å². The number of carboxylic acids is 1. The Labute approximate surface area is 211 Å². The van der Waals surface area contributed by atoms with Gasteiger partial charge in [-0.2, -0.15) is 0 Å². The van der Waals surface area contributed by atoms with Gasteiger partial charge in [-0.05, 0) is 35.7 Å². The first kappa shape index (κ1) is 24.9. The highest BCUT2D eigenvalue weighted by Crippen LogP contribution is 2.33. The van der Waals surface area contributed by atoms with Crippen molar-refractivity contribution in [2.75, 3.05) is 11.9 Å². The zero-order valence-corrected chi connectivity index (χ0v) is 20.0. The molecule has 0 atom stereocenters. The first-order valence-corrected chi connectivity index (χ1v) is 11.4. The number of hydrogen-bond donors (Lipinski definition) is 2. The van der Waals surface area contributed by atoms with Gasteiger partial charge in [0.15, 0.2) is 5.76 Å². The van der Waals surface area contributed by atoms with E-state index in [9.17, 15) is 9.59 Å². The van der Waals surface area contributed by atoms with Gasteiger partial charge in [-0.3, -0.25) is 10.1 Å². The molecule has 2 N–H and O–H groups in total. The van der Waals surface area contributed by atoms with Gasteiger partial charge in [-0.1, -0.05) is 71.4 Å². The Morgan fingerprint density at radius 1 is 1.08 bits per heavy atom. The molecule has 1 aromatic heterocycles. The van der Waals surface area contributed by atoms with Crippen molar-refractivity contribution >= 4 is 29.4 Å². The van der Waals surface area contributed by atoms with Crippen LogP contribution in [0.5, 0.6) is 0 Å². The van der Waals surface area contributed by atoms with E-state index in [1.54, 1.807) is 49.4 Å². The third kappa shape index (κ3) is 5.90. The minimum atomic E-state index is -0.935. The Morgan fingerprint density at radius 2 is 1.81 bits per heavy atom. The Balaban J connectivity index is 1.46. The number of amides is 1. The number of aromatic nitrogens is 1. The Kier molecular flexibility index (Phi) is 7.65. The standard InChI is InChI=1S/C27H22ClFN2O5/c1-16-25(30-27(34)35-13-12-19-4-2-3-5-22(19)28)26(31-36-16)20-10-11-21(23(29)15-20)18-8-6-17(7-9-18)14-24(32)33/h2-11,15H,12-14H2,1H3,(H,30,34)(H,32,33). The monoisotopic (exact) mass is 508 g/mol. The van der Waals surface area contributed by atoms with E-state index in [0.29, 0.717) is 39.5 Å². The molecule has 0 aliphatic carbocycles. The van der Waals surface area contributed by atoms with Gasteiger partial charge in [0.05, 0.1) is 13.0 Å². The second-order valence-electron chi connectivity index (χ2n) is 8.03. The SMILES string of the molecule is Cc1onc(-c2ccc(-c3ccc(CC(=O)O)cc3)c(F)c2)c1NC(=O)OCCc1ccccc1Cl. The van der Waals surface area contributed by atoms with E-state index < -0.39 is 17.9 Å². The van der Waals surface area contributed by atoms with Crippen molar-refractivity contribution in [3.63, 3.8) is 0 Å². The largest absolute Gasteiger partial charge is 0.481 e. The topological polar surface area (TPSA) is 102 Å². The molecule has 184 valence electrons. The Hall–Kier alpha value is -4.17. The second kappa shape index (κ2) is 11.0. The maximum absolute atomic E-state index is 15.0. The summed E-state index contributed by atoms with van der Waals surface area (Å²) in [6, 6.07) is 18.5. The van der Waals surface area contributed by atoms with Gasteiger partial charge < -0.3 is 14.4 Å². The molecular weight excluding hydrogens is 487 g/mol. The Morgan fingerprint density at radius 3 is 2.50 bits per heavy atom. The van der Waals surface area contributed by atoms with Gasteiger partial charge in [0.25, 0.3) is 0 Å². The number of aryl methyl sites for hydroxylation is 1. The molecule has 0 fully saturated rings. The minimum absolute atomic E-state index is 0.106. The molecule has 0 aliphatic heterocycles. The zero-order valence-electron chi connectivity index (χ0n) is 19.3. The van der Waals surface area contributed by atoms with Crippen LogP contribution in [0.4, 0.5) is 14.9 Å². The van der Waals surface area contributed by atoms with Crippen molar-refractivity contribution < 1.29 is 28.3 Å². The molecule has 36 heavy (non-hydrogen) atoms. The molecular formula is C27H22ClFN2O5. The van der Waals surface area contributed by atoms with Gasteiger partial charge in [-0.25, -0.2) is 9.18 Å². The number of anilines is 1. The van der Waals surface area contributed by atoms with Gasteiger partial charge in [0, 0.05) is 22.6 Å². The maximum Gasteiger partial charge on any atom is 0.411 e. The predicted molar refractivity (Wildman–Crippen MR) is 134 cm³/mol. The summed E-state index contributed by atoms with van der Waals surface area (Å²) in [4.78, 5) is 23.2. The van der Waals surface area contributed by atoms with E-state index in [4.69, 9.17) is 26.0 Å². The molecule has 0 aliphatic rings. The fourth-order valence-corrected chi connectivity index (χ4v) is 3.91. The van der Waals surface area contributed by atoms with Crippen LogP contribution in [0, 0.1) is 12.7 Å². The molecule has 3 aromatic carbocycles. The molecule has 1 amide bonds.